The van der Waals surface area contributed by atoms with Gasteiger partial charge >= 0.3 is 11.8 Å². The fourth-order valence-corrected chi connectivity index (χ4v) is 3.04. The van der Waals surface area contributed by atoms with E-state index < -0.39 is 17.7 Å². The average molecular weight is 383 g/mol. The van der Waals surface area contributed by atoms with E-state index in [4.69, 9.17) is 0 Å². The van der Waals surface area contributed by atoms with Crippen molar-refractivity contribution >= 4 is 34.3 Å². The van der Waals surface area contributed by atoms with Crippen molar-refractivity contribution in [2.24, 2.45) is 0 Å². The molecule has 0 saturated heterocycles. The Bertz CT molecular complexity index is 1180. The molecule has 0 saturated carbocycles. The molecule has 4 aromatic rings. The molecule has 0 aliphatic rings. The highest BCUT2D eigenvalue weighted by molar-refractivity contribution is 6.38. The average Bonchev–Trinajstić information content (AvgIpc) is 3.21. The number of hydrogen-bond donors (Lipinski definition) is 1. The standard InChI is InChI=1S/C23H17N3O3/c27-21(23(29)25-16-15-17-9-7-8-14-20(17)25)24-26(19-12-5-2-6-13-19)22(28)18-10-3-1-4-11-18/h1-16H,(H,24,27). The molecule has 1 aromatic heterocycles. The van der Waals surface area contributed by atoms with Crippen LogP contribution in [0.15, 0.2) is 97.2 Å². The van der Waals surface area contributed by atoms with Crippen LogP contribution in [0, 0.1) is 0 Å². The van der Waals surface area contributed by atoms with E-state index in [2.05, 4.69) is 5.43 Å². The van der Waals surface area contributed by atoms with E-state index in [1.165, 1.54) is 4.57 Å². The summed E-state index contributed by atoms with van der Waals surface area (Å²) in [6.45, 7) is 0. The number of benzene rings is 3. The van der Waals surface area contributed by atoms with Crippen molar-refractivity contribution in [3.8, 4) is 0 Å². The van der Waals surface area contributed by atoms with Gasteiger partial charge in [-0.15, -0.1) is 0 Å². The van der Waals surface area contributed by atoms with Crippen LogP contribution in [-0.4, -0.2) is 22.3 Å². The lowest BCUT2D eigenvalue weighted by atomic mass is 10.2. The SMILES string of the molecule is O=C(NN(C(=O)c1ccccc1)c1ccccc1)C(=O)n1ccc2ccccc21. The second-order valence-corrected chi connectivity index (χ2v) is 6.33. The Morgan fingerprint density at radius 3 is 2.07 bits per heavy atom. The molecular formula is C23H17N3O3. The van der Waals surface area contributed by atoms with Crippen molar-refractivity contribution in [3.05, 3.63) is 103 Å². The van der Waals surface area contributed by atoms with Crippen LogP contribution < -0.4 is 10.4 Å². The number of amides is 2. The third-order valence-corrected chi connectivity index (χ3v) is 4.46. The van der Waals surface area contributed by atoms with Crippen molar-refractivity contribution in [1.82, 2.24) is 9.99 Å². The number of hydrogen-bond acceptors (Lipinski definition) is 3. The lowest BCUT2D eigenvalue weighted by Gasteiger charge is -2.23. The molecule has 0 unspecified atom stereocenters. The van der Waals surface area contributed by atoms with E-state index in [0.29, 0.717) is 16.8 Å². The summed E-state index contributed by atoms with van der Waals surface area (Å²) in [6, 6.07) is 26.2. The summed E-state index contributed by atoms with van der Waals surface area (Å²) in [4.78, 5) is 38.5. The van der Waals surface area contributed by atoms with Gasteiger partial charge in [-0.3, -0.25) is 24.4 Å². The van der Waals surface area contributed by atoms with E-state index in [-0.39, 0.29) is 0 Å². The summed E-state index contributed by atoms with van der Waals surface area (Å²) >= 11 is 0. The maximum atomic E-state index is 13.0. The number of carbonyl (C=O) groups excluding carboxylic acids is 3. The van der Waals surface area contributed by atoms with Crippen molar-refractivity contribution in [2.45, 2.75) is 0 Å². The molecule has 6 nitrogen and oxygen atoms in total. The van der Waals surface area contributed by atoms with Gasteiger partial charge in [0.05, 0.1) is 11.2 Å². The van der Waals surface area contributed by atoms with Gasteiger partial charge in [-0.2, -0.15) is 0 Å². The Balaban J connectivity index is 1.64. The number of rotatable bonds is 2. The second kappa shape index (κ2) is 7.82. The number of para-hydroxylation sites is 2. The molecule has 0 bridgehead atoms. The van der Waals surface area contributed by atoms with Crippen molar-refractivity contribution in [2.75, 3.05) is 5.01 Å². The Morgan fingerprint density at radius 1 is 0.724 bits per heavy atom. The first-order valence-corrected chi connectivity index (χ1v) is 9.01. The van der Waals surface area contributed by atoms with Gasteiger partial charge in [-0.1, -0.05) is 54.6 Å². The van der Waals surface area contributed by atoms with Crippen LogP contribution in [0.4, 0.5) is 5.69 Å². The fraction of sp³-hybridized carbons (Fsp3) is 0. The van der Waals surface area contributed by atoms with E-state index >= 15 is 0 Å². The summed E-state index contributed by atoms with van der Waals surface area (Å²) in [5.41, 5.74) is 3.91. The number of hydrazine groups is 1. The maximum absolute atomic E-state index is 13.0. The molecule has 1 N–H and O–H groups in total. The number of nitrogens with zero attached hydrogens (tertiary/aromatic N) is 2. The Hall–Kier alpha value is -4.19. The van der Waals surface area contributed by atoms with Crippen LogP contribution in [0.2, 0.25) is 0 Å². The smallest absolute Gasteiger partial charge is 0.279 e. The monoisotopic (exact) mass is 383 g/mol. The van der Waals surface area contributed by atoms with Gasteiger partial charge < -0.3 is 0 Å². The number of nitrogens with one attached hydrogen (secondary N) is 1. The predicted octanol–water partition coefficient (Wildman–Crippen LogP) is 3.66. The molecule has 0 aliphatic carbocycles. The van der Waals surface area contributed by atoms with Gasteiger partial charge in [0.2, 0.25) is 0 Å². The van der Waals surface area contributed by atoms with E-state index in [0.717, 1.165) is 10.4 Å². The molecule has 2 amide bonds. The summed E-state index contributed by atoms with van der Waals surface area (Å²) in [6.07, 6.45) is 1.54. The summed E-state index contributed by atoms with van der Waals surface area (Å²) in [7, 11) is 0. The topological polar surface area (TPSA) is 71.4 Å². The molecule has 6 heteroatoms. The molecule has 0 atom stereocenters. The molecule has 0 spiro atoms. The quantitative estimate of drug-likeness (QED) is 0.424. The van der Waals surface area contributed by atoms with Crippen LogP contribution in [0.1, 0.15) is 15.2 Å². The van der Waals surface area contributed by atoms with Crippen LogP contribution in [-0.2, 0) is 4.79 Å². The van der Waals surface area contributed by atoms with Crippen molar-refractivity contribution < 1.29 is 14.4 Å². The molecule has 142 valence electrons. The third-order valence-electron chi connectivity index (χ3n) is 4.46. The summed E-state index contributed by atoms with van der Waals surface area (Å²) in [5.74, 6) is -2.15. The lowest BCUT2D eigenvalue weighted by Crippen LogP contribution is -2.50. The van der Waals surface area contributed by atoms with Gasteiger partial charge in [0.25, 0.3) is 5.91 Å². The number of carbonyl (C=O) groups is 3. The fourth-order valence-electron chi connectivity index (χ4n) is 3.04. The zero-order valence-electron chi connectivity index (χ0n) is 15.4. The van der Waals surface area contributed by atoms with Gasteiger partial charge in [0.15, 0.2) is 0 Å². The van der Waals surface area contributed by atoms with E-state index in [9.17, 15) is 14.4 Å². The third kappa shape index (κ3) is 3.64. The van der Waals surface area contributed by atoms with Crippen LogP contribution in [0.5, 0.6) is 0 Å². The first kappa shape index (κ1) is 18.2. The molecule has 0 fully saturated rings. The Kier molecular flexibility index (Phi) is 4.90. The molecular weight excluding hydrogens is 366 g/mol. The summed E-state index contributed by atoms with van der Waals surface area (Å²) in [5, 5.41) is 1.93. The first-order chi connectivity index (χ1) is 14.1. The largest absolute Gasteiger partial charge is 0.329 e. The highest BCUT2D eigenvalue weighted by Crippen LogP contribution is 2.17. The first-order valence-electron chi connectivity index (χ1n) is 9.01. The van der Waals surface area contributed by atoms with Crippen molar-refractivity contribution in [1.29, 1.82) is 0 Å². The normalized spacial score (nSPS) is 10.5. The van der Waals surface area contributed by atoms with Gasteiger partial charge in [0.1, 0.15) is 0 Å². The molecule has 4 rings (SSSR count). The van der Waals surface area contributed by atoms with Crippen LogP contribution in [0.25, 0.3) is 10.9 Å². The minimum Gasteiger partial charge on any atom is -0.279 e. The van der Waals surface area contributed by atoms with Gasteiger partial charge in [-0.05, 0) is 36.4 Å². The summed E-state index contributed by atoms with van der Waals surface area (Å²) < 4.78 is 1.26. The van der Waals surface area contributed by atoms with Crippen LogP contribution in [0.3, 0.4) is 0 Å². The number of aromatic nitrogens is 1. The predicted molar refractivity (Wildman–Crippen MR) is 110 cm³/mol. The molecule has 0 aliphatic heterocycles. The van der Waals surface area contributed by atoms with Gasteiger partial charge in [0, 0.05) is 17.1 Å². The zero-order chi connectivity index (χ0) is 20.2. The zero-order valence-corrected chi connectivity index (χ0v) is 15.4. The minimum absolute atomic E-state index is 0.385. The highest BCUT2D eigenvalue weighted by Gasteiger charge is 2.25. The molecule has 3 aromatic carbocycles. The number of fused-ring (bicyclic) bond motifs is 1. The van der Waals surface area contributed by atoms with Gasteiger partial charge in [-0.25, -0.2) is 5.01 Å². The number of anilines is 1. The Morgan fingerprint density at radius 2 is 1.34 bits per heavy atom. The van der Waals surface area contributed by atoms with Crippen LogP contribution >= 0.6 is 0 Å². The Labute approximate surface area is 167 Å². The lowest BCUT2D eigenvalue weighted by molar-refractivity contribution is -0.117. The van der Waals surface area contributed by atoms with E-state index in [1.807, 2.05) is 12.1 Å². The van der Waals surface area contributed by atoms with Crippen molar-refractivity contribution in [3.63, 3.8) is 0 Å². The maximum Gasteiger partial charge on any atom is 0.329 e. The highest BCUT2D eigenvalue weighted by atomic mass is 16.2. The molecule has 29 heavy (non-hydrogen) atoms. The second-order valence-electron chi connectivity index (χ2n) is 6.33. The van der Waals surface area contributed by atoms with E-state index in [1.54, 1.807) is 85.1 Å². The molecule has 1 heterocycles. The molecule has 0 radical (unpaired) electrons. The minimum atomic E-state index is -0.917.